The summed E-state index contributed by atoms with van der Waals surface area (Å²) < 4.78 is 0. The van der Waals surface area contributed by atoms with E-state index in [1.54, 1.807) is 0 Å². The number of nitrogens with one attached hydrogen (secondary N) is 1. The smallest absolute Gasteiger partial charge is 0.222 e. The minimum absolute atomic E-state index is 0.104. The van der Waals surface area contributed by atoms with E-state index in [1.165, 1.54) is 5.56 Å². The van der Waals surface area contributed by atoms with Crippen LogP contribution < -0.4 is 5.32 Å². The summed E-state index contributed by atoms with van der Waals surface area (Å²) in [5.41, 5.74) is 1.41. The van der Waals surface area contributed by atoms with Crippen molar-refractivity contribution in [3.05, 3.63) is 35.9 Å². The number of hydrogen-bond acceptors (Lipinski definition) is 1. The molecule has 17 heavy (non-hydrogen) atoms. The zero-order valence-corrected chi connectivity index (χ0v) is 11.7. The average Bonchev–Trinajstić information content (AvgIpc) is 2.30. The topological polar surface area (TPSA) is 29.1 Å². The zero-order chi connectivity index (χ0) is 13.3. The lowest BCUT2D eigenvalue weighted by Crippen LogP contribution is -2.33. The molecule has 1 amide bonds. The molecule has 0 radical (unpaired) electrons. The Morgan fingerprint density at radius 2 is 1.65 bits per heavy atom. The summed E-state index contributed by atoms with van der Waals surface area (Å²) in [6, 6.07) is 10.7. The molecule has 0 atom stereocenters. The van der Waals surface area contributed by atoms with Gasteiger partial charge in [-0.2, -0.15) is 0 Å². The predicted molar refractivity (Wildman–Crippen MR) is 73.9 cm³/mol. The van der Waals surface area contributed by atoms with E-state index < -0.39 is 0 Å². The van der Waals surface area contributed by atoms with Crippen LogP contribution in [0.25, 0.3) is 0 Å². The first-order valence-corrected chi connectivity index (χ1v) is 6.31. The highest BCUT2D eigenvalue weighted by atomic mass is 16.1. The first-order valence-electron chi connectivity index (χ1n) is 6.31. The van der Waals surface area contributed by atoms with Crippen molar-refractivity contribution in [2.45, 2.75) is 47.1 Å². The highest BCUT2D eigenvalue weighted by Crippen LogP contribution is 1.96. The van der Waals surface area contributed by atoms with Gasteiger partial charge in [-0.25, -0.2) is 0 Å². The molecular formula is C15H25NO. The van der Waals surface area contributed by atoms with Gasteiger partial charge in [0.05, 0.1) is 0 Å². The van der Waals surface area contributed by atoms with Crippen molar-refractivity contribution < 1.29 is 4.79 Å². The van der Waals surface area contributed by atoms with Gasteiger partial charge in [0.15, 0.2) is 0 Å². The largest absolute Gasteiger partial charge is 0.354 e. The second kappa shape index (κ2) is 8.80. The number of rotatable bonds is 3. The van der Waals surface area contributed by atoms with Gasteiger partial charge in [-0.1, -0.05) is 51.1 Å². The summed E-state index contributed by atoms with van der Waals surface area (Å²) in [6.45, 7) is 9.85. The van der Waals surface area contributed by atoms with Crippen molar-refractivity contribution in [1.82, 2.24) is 5.32 Å². The molecule has 1 aromatic carbocycles. The molecule has 0 bridgehead atoms. The van der Waals surface area contributed by atoms with Crippen molar-refractivity contribution in [2.24, 2.45) is 5.92 Å². The van der Waals surface area contributed by atoms with Crippen LogP contribution in [0.15, 0.2) is 30.3 Å². The minimum atomic E-state index is 0.104. The minimum Gasteiger partial charge on any atom is -0.354 e. The summed E-state index contributed by atoms with van der Waals surface area (Å²) in [7, 11) is 0. The Kier molecular flexibility index (Phi) is 8.12. The molecular weight excluding hydrogens is 210 g/mol. The molecule has 1 rings (SSSR count). The number of hydrogen-bond donors (Lipinski definition) is 1. The Labute approximate surface area is 105 Å². The van der Waals surface area contributed by atoms with Crippen LogP contribution in [-0.4, -0.2) is 11.9 Å². The van der Waals surface area contributed by atoms with Crippen LogP contribution in [0.2, 0.25) is 0 Å². The van der Waals surface area contributed by atoms with Crippen molar-refractivity contribution in [2.75, 3.05) is 0 Å². The Morgan fingerprint density at radius 3 is 1.88 bits per heavy atom. The Hall–Kier alpha value is -1.31. The van der Waals surface area contributed by atoms with Crippen LogP contribution >= 0.6 is 0 Å². The molecule has 0 aliphatic heterocycles. The molecule has 96 valence electrons. The van der Waals surface area contributed by atoms with Gasteiger partial charge < -0.3 is 5.32 Å². The van der Waals surface area contributed by atoms with E-state index in [1.807, 2.05) is 33.8 Å². The van der Waals surface area contributed by atoms with Crippen LogP contribution in [0.5, 0.6) is 0 Å². The predicted octanol–water partition coefficient (Wildman–Crippen LogP) is 3.42. The van der Waals surface area contributed by atoms with Gasteiger partial charge in [0.2, 0.25) is 5.91 Å². The van der Waals surface area contributed by atoms with Gasteiger partial charge in [-0.15, -0.1) is 0 Å². The van der Waals surface area contributed by atoms with E-state index in [9.17, 15) is 4.79 Å². The van der Waals surface area contributed by atoms with Gasteiger partial charge in [0.25, 0.3) is 0 Å². The zero-order valence-electron chi connectivity index (χ0n) is 11.7. The molecule has 0 aliphatic rings. The Balaban J connectivity index is 0.000000302. The van der Waals surface area contributed by atoms with E-state index >= 15 is 0 Å². The molecule has 1 N–H and O–H groups in total. The SMILES string of the molecule is CC(C)NC(=O)C(C)C.CCc1ccccc1. The first kappa shape index (κ1) is 15.7. The third-order valence-corrected chi connectivity index (χ3v) is 2.21. The van der Waals surface area contributed by atoms with E-state index in [2.05, 4.69) is 36.5 Å². The van der Waals surface area contributed by atoms with Crippen molar-refractivity contribution in [1.29, 1.82) is 0 Å². The molecule has 0 fully saturated rings. The fourth-order valence-corrected chi connectivity index (χ4v) is 1.16. The van der Waals surface area contributed by atoms with Crippen molar-refractivity contribution >= 4 is 5.91 Å². The van der Waals surface area contributed by atoms with E-state index in [0.29, 0.717) is 0 Å². The first-order chi connectivity index (χ1) is 7.97. The molecule has 0 heterocycles. The van der Waals surface area contributed by atoms with Crippen molar-refractivity contribution in [3.8, 4) is 0 Å². The highest BCUT2D eigenvalue weighted by Gasteiger charge is 2.06. The maximum absolute atomic E-state index is 10.8. The summed E-state index contributed by atoms with van der Waals surface area (Å²) >= 11 is 0. The summed E-state index contributed by atoms with van der Waals surface area (Å²) in [4.78, 5) is 10.8. The molecule has 2 heteroatoms. The highest BCUT2D eigenvalue weighted by molar-refractivity contribution is 5.78. The third kappa shape index (κ3) is 8.49. The van der Waals surface area contributed by atoms with Crippen LogP contribution in [0.3, 0.4) is 0 Å². The summed E-state index contributed by atoms with van der Waals surface area (Å²) in [5.74, 6) is 0.234. The quantitative estimate of drug-likeness (QED) is 0.854. The Morgan fingerprint density at radius 1 is 1.12 bits per heavy atom. The summed E-state index contributed by atoms with van der Waals surface area (Å²) in [5, 5.41) is 2.80. The molecule has 0 aliphatic carbocycles. The maximum Gasteiger partial charge on any atom is 0.222 e. The van der Waals surface area contributed by atoms with Crippen LogP contribution in [0.1, 0.15) is 40.2 Å². The number of amides is 1. The van der Waals surface area contributed by atoms with E-state index in [0.717, 1.165) is 6.42 Å². The normalized spacial score (nSPS) is 9.82. The molecule has 0 unspecified atom stereocenters. The monoisotopic (exact) mass is 235 g/mol. The number of carbonyl (C=O) groups excluding carboxylic acids is 1. The van der Waals surface area contributed by atoms with Gasteiger partial charge >= 0.3 is 0 Å². The second-order valence-corrected chi connectivity index (χ2v) is 4.66. The van der Waals surface area contributed by atoms with E-state index in [4.69, 9.17) is 0 Å². The maximum atomic E-state index is 10.8. The number of aryl methyl sites for hydroxylation is 1. The fourth-order valence-electron chi connectivity index (χ4n) is 1.16. The van der Waals surface area contributed by atoms with Gasteiger partial charge in [-0.3, -0.25) is 4.79 Å². The van der Waals surface area contributed by atoms with Gasteiger partial charge in [-0.05, 0) is 25.8 Å². The van der Waals surface area contributed by atoms with Crippen molar-refractivity contribution in [3.63, 3.8) is 0 Å². The number of benzene rings is 1. The summed E-state index contributed by atoms with van der Waals surface area (Å²) in [6.07, 6.45) is 1.14. The fraction of sp³-hybridized carbons (Fsp3) is 0.533. The third-order valence-electron chi connectivity index (χ3n) is 2.21. The molecule has 2 nitrogen and oxygen atoms in total. The van der Waals surface area contributed by atoms with Gasteiger partial charge in [0, 0.05) is 12.0 Å². The lowest BCUT2D eigenvalue weighted by molar-refractivity contribution is -0.124. The Bertz CT molecular complexity index is 304. The van der Waals surface area contributed by atoms with Crippen LogP contribution in [0.4, 0.5) is 0 Å². The molecule has 0 spiro atoms. The standard InChI is InChI=1S/C8H10.C7H15NO/c1-2-8-6-4-3-5-7-8;1-5(2)7(9)8-6(3)4/h3-7H,2H2,1H3;5-6H,1-4H3,(H,8,9). The molecule has 0 aromatic heterocycles. The van der Waals surface area contributed by atoms with E-state index in [-0.39, 0.29) is 17.9 Å². The van der Waals surface area contributed by atoms with Crippen LogP contribution in [0, 0.1) is 5.92 Å². The lowest BCUT2D eigenvalue weighted by atomic mass is 10.2. The number of carbonyl (C=O) groups is 1. The lowest BCUT2D eigenvalue weighted by Gasteiger charge is -2.09. The second-order valence-electron chi connectivity index (χ2n) is 4.66. The average molecular weight is 235 g/mol. The van der Waals surface area contributed by atoms with Gasteiger partial charge in [0.1, 0.15) is 0 Å². The molecule has 1 aromatic rings. The van der Waals surface area contributed by atoms with Crippen LogP contribution in [-0.2, 0) is 11.2 Å². The molecule has 0 saturated heterocycles. The molecule has 0 saturated carbocycles.